The molecule has 1 aliphatic rings. The molecule has 0 saturated carbocycles. The van der Waals surface area contributed by atoms with Crippen molar-refractivity contribution in [1.29, 1.82) is 0 Å². The molecule has 0 spiro atoms. The number of fused-ring (bicyclic) bond motifs is 2. The van der Waals surface area contributed by atoms with Gasteiger partial charge in [-0.2, -0.15) is 0 Å². The summed E-state index contributed by atoms with van der Waals surface area (Å²) in [7, 11) is 3.24. The molecule has 2 heterocycles. The van der Waals surface area contributed by atoms with Crippen molar-refractivity contribution in [1.82, 2.24) is 0 Å². The van der Waals surface area contributed by atoms with E-state index in [2.05, 4.69) is 5.32 Å². The molecule has 7 nitrogen and oxygen atoms in total. The number of allylic oxidation sites excluding steroid dienone is 1. The Balaban J connectivity index is 1.47. The third kappa shape index (κ3) is 4.40. The highest BCUT2D eigenvalue weighted by molar-refractivity contribution is 6.05. The second-order valence-electron chi connectivity index (χ2n) is 8.07. The minimum atomic E-state index is -0.265. The van der Waals surface area contributed by atoms with Gasteiger partial charge >= 0.3 is 0 Å². The molecule has 178 valence electrons. The van der Waals surface area contributed by atoms with Gasteiger partial charge in [-0.05, 0) is 36.8 Å². The third-order valence-electron chi connectivity index (χ3n) is 5.87. The molecular weight excluding hydrogens is 446 g/mol. The summed E-state index contributed by atoms with van der Waals surface area (Å²) < 4.78 is 28.1. The highest BCUT2D eigenvalue weighted by atomic mass is 16.6. The van der Waals surface area contributed by atoms with Crippen molar-refractivity contribution in [3.8, 4) is 34.1 Å². The van der Waals surface area contributed by atoms with Crippen molar-refractivity contribution in [3.05, 3.63) is 72.5 Å². The molecule has 0 fully saturated rings. The highest BCUT2D eigenvalue weighted by Gasteiger charge is 2.17. The molecular formula is C28H25NO6. The number of carbonyl (C=O) groups is 1. The smallest absolute Gasteiger partial charge is 0.248 e. The van der Waals surface area contributed by atoms with Gasteiger partial charge in [-0.25, -0.2) is 0 Å². The number of nitrogens with one attached hydrogen (secondary N) is 1. The largest absolute Gasteiger partial charge is 0.496 e. The molecule has 0 bridgehead atoms. The van der Waals surface area contributed by atoms with E-state index in [1.807, 2.05) is 43.3 Å². The zero-order valence-corrected chi connectivity index (χ0v) is 19.7. The fraction of sp³-hybridized carbons (Fsp3) is 0.179. The quantitative estimate of drug-likeness (QED) is 0.351. The summed E-state index contributed by atoms with van der Waals surface area (Å²) in [6.45, 7) is 2.87. The van der Waals surface area contributed by atoms with Crippen molar-refractivity contribution >= 4 is 28.1 Å². The number of rotatable bonds is 6. The molecule has 3 aromatic carbocycles. The topological polar surface area (TPSA) is 79.2 Å². The van der Waals surface area contributed by atoms with Gasteiger partial charge in [-0.15, -0.1) is 0 Å². The summed E-state index contributed by atoms with van der Waals surface area (Å²) >= 11 is 0. The van der Waals surface area contributed by atoms with Crippen molar-refractivity contribution in [2.75, 3.05) is 32.8 Å². The van der Waals surface area contributed by atoms with Gasteiger partial charge in [0.15, 0.2) is 11.5 Å². The van der Waals surface area contributed by atoms with Crippen LogP contribution in [0.3, 0.4) is 0 Å². The highest BCUT2D eigenvalue weighted by Crippen LogP contribution is 2.40. The van der Waals surface area contributed by atoms with Gasteiger partial charge in [-0.1, -0.05) is 18.2 Å². The molecule has 1 aromatic heterocycles. The number of hydrogen-bond donors (Lipinski definition) is 1. The zero-order chi connectivity index (χ0) is 24.4. The van der Waals surface area contributed by atoms with E-state index in [9.17, 15) is 4.79 Å². The summed E-state index contributed by atoms with van der Waals surface area (Å²) in [4.78, 5) is 12.8. The van der Waals surface area contributed by atoms with Crippen LogP contribution in [0.25, 0.3) is 27.7 Å². The van der Waals surface area contributed by atoms with E-state index in [0.717, 1.165) is 33.4 Å². The van der Waals surface area contributed by atoms with Crippen LogP contribution in [-0.4, -0.2) is 33.3 Å². The normalized spacial score (nSPS) is 12.9. The minimum Gasteiger partial charge on any atom is -0.496 e. The Hall–Kier alpha value is -4.39. The van der Waals surface area contributed by atoms with Gasteiger partial charge in [0.2, 0.25) is 5.91 Å². The fourth-order valence-corrected chi connectivity index (χ4v) is 4.18. The van der Waals surface area contributed by atoms with Crippen LogP contribution in [0.4, 0.5) is 5.69 Å². The van der Waals surface area contributed by atoms with E-state index in [4.69, 9.17) is 23.4 Å². The van der Waals surface area contributed by atoms with Crippen LogP contribution in [0.15, 0.2) is 71.4 Å². The number of hydrogen-bond acceptors (Lipinski definition) is 6. The number of ether oxygens (including phenoxy) is 4. The number of benzene rings is 3. The standard InChI is InChI=1S/C28H25NO6/c1-17(12-28(30)29-18-8-9-24-27(13-18)34-11-10-33-24)20-14-21-22(16-35-26(21)15-25(20)32-3)19-6-4-5-7-23(19)31-2/h4-9,12-16H,10-11H2,1-3H3,(H,29,30)/b17-12+. The van der Waals surface area contributed by atoms with Gasteiger partial charge in [0.1, 0.15) is 30.3 Å². The summed E-state index contributed by atoms with van der Waals surface area (Å²) in [6, 6.07) is 16.9. The lowest BCUT2D eigenvalue weighted by Gasteiger charge is -2.18. The lowest BCUT2D eigenvalue weighted by Crippen LogP contribution is -2.16. The lowest BCUT2D eigenvalue weighted by molar-refractivity contribution is -0.111. The molecule has 1 amide bonds. The predicted octanol–water partition coefficient (Wildman–Crippen LogP) is 5.93. The Bertz CT molecular complexity index is 1430. The Labute approximate surface area is 202 Å². The fourth-order valence-electron chi connectivity index (χ4n) is 4.18. The van der Waals surface area contributed by atoms with Crippen LogP contribution in [-0.2, 0) is 4.79 Å². The molecule has 35 heavy (non-hydrogen) atoms. The van der Waals surface area contributed by atoms with Crippen LogP contribution >= 0.6 is 0 Å². The number of carbonyl (C=O) groups excluding carboxylic acids is 1. The molecule has 4 aromatic rings. The number of methoxy groups -OCH3 is 2. The minimum absolute atomic E-state index is 0.265. The monoisotopic (exact) mass is 471 g/mol. The van der Waals surface area contributed by atoms with Crippen LogP contribution < -0.4 is 24.3 Å². The first-order valence-electron chi connectivity index (χ1n) is 11.2. The number of para-hydroxylation sites is 1. The molecule has 0 unspecified atom stereocenters. The maximum absolute atomic E-state index is 12.8. The molecule has 5 rings (SSSR count). The van der Waals surface area contributed by atoms with Gasteiger partial charge in [-0.3, -0.25) is 4.79 Å². The van der Waals surface area contributed by atoms with Crippen molar-refractivity contribution < 1.29 is 28.2 Å². The first-order chi connectivity index (χ1) is 17.1. The summed E-state index contributed by atoms with van der Waals surface area (Å²) in [5.74, 6) is 2.38. The van der Waals surface area contributed by atoms with Gasteiger partial charge in [0.05, 0.1) is 20.5 Å². The van der Waals surface area contributed by atoms with E-state index in [0.29, 0.717) is 41.7 Å². The molecule has 7 heteroatoms. The summed E-state index contributed by atoms with van der Waals surface area (Å²) in [5, 5.41) is 3.78. The molecule has 0 radical (unpaired) electrons. The van der Waals surface area contributed by atoms with Crippen molar-refractivity contribution in [2.24, 2.45) is 0 Å². The van der Waals surface area contributed by atoms with Crippen LogP contribution in [0.1, 0.15) is 12.5 Å². The maximum Gasteiger partial charge on any atom is 0.248 e. The van der Waals surface area contributed by atoms with Gasteiger partial charge < -0.3 is 28.7 Å². The number of amides is 1. The van der Waals surface area contributed by atoms with E-state index in [-0.39, 0.29) is 5.91 Å². The zero-order valence-electron chi connectivity index (χ0n) is 19.7. The molecule has 1 N–H and O–H groups in total. The van der Waals surface area contributed by atoms with E-state index in [1.165, 1.54) is 0 Å². The molecule has 0 atom stereocenters. The van der Waals surface area contributed by atoms with Crippen molar-refractivity contribution in [3.63, 3.8) is 0 Å². The Morgan fingerprint density at radius 2 is 1.69 bits per heavy atom. The Kier molecular flexibility index (Phi) is 6.06. The molecule has 0 aliphatic carbocycles. The maximum atomic E-state index is 12.8. The summed E-state index contributed by atoms with van der Waals surface area (Å²) in [5.41, 5.74) is 4.65. The van der Waals surface area contributed by atoms with Crippen LogP contribution in [0, 0.1) is 0 Å². The lowest BCUT2D eigenvalue weighted by atomic mass is 9.98. The molecule has 1 aliphatic heterocycles. The third-order valence-corrected chi connectivity index (χ3v) is 5.87. The Morgan fingerprint density at radius 1 is 0.914 bits per heavy atom. The summed E-state index contributed by atoms with van der Waals surface area (Å²) in [6.07, 6.45) is 3.25. The first-order valence-corrected chi connectivity index (χ1v) is 11.2. The first kappa shape index (κ1) is 22.4. The van der Waals surface area contributed by atoms with E-state index >= 15 is 0 Å². The Morgan fingerprint density at radius 3 is 2.49 bits per heavy atom. The van der Waals surface area contributed by atoms with Gasteiger partial charge in [0.25, 0.3) is 0 Å². The molecule has 0 saturated heterocycles. The van der Waals surface area contributed by atoms with E-state index in [1.54, 1.807) is 44.8 Å². The van der Waals surface area contributed by atoms with Crippen molar-refractivity contribution in [2.45, 2.75) is 6.92 Å². The van der Waals surface area contributed by atoms with E-state index < -0.39 is 0 Å². The second-order valence-corrected chi connectivity index (χ2v) is 8.07. The average Bonchev–Trinajstić information content (AvgIpc) is 3.30. The SMILES string of the molecule is COc1cc2occ(-c3ccccc3OC)c2cc1/C(C)=C/C(=O)Nc1ccc2c(c1)OCCO2. The number of furan rings is 1. The van der Waals surface area contributed by atoms with Crippen LogP contribution in [0.2, 0.25) is 0 Å². The predicted molar refractivity (Wildman–Crippen MR) is 134 cm³/mol. The number of anilines is 1. The van der Waals surface area contributed by atoms with Gasteiger partial charge in [0, 0.05) is 46.0 Å². The van der Waals surface area contributed by atoms with Crippen LogP contribution in [0.5, 0.6) is 23.0 Å². The average molecular weight is 472 g/mol. The second kappa shape index (κ2) is 9.46.